The van der Waals surface area contributed by atoms with Crippen molar-refractivity contribution in [1.82, 2.24) is 4.98 Å². The Labute approximate surface area is 91.8 Å². The second-order valence-electron chi connectivity index (χ2n) is 3.10. The summed E-state index contributed by atoms with van der Waals surface area (Å²) in [4.78, 5) is 5.29. The number of nitrogen functional groups attached to an aromatic ring is 1. The number of pyridine rings is 1. The first-order valence-corrected chi connectivity index (χ1v) is 5.29. The molecule has 4 heteroatoms. The molecule has 0 aliphatic rings. The van der Waals surface area contributed by atoms with Crippen LogP contribution in [0.15, 0.2) is 30.5 Å². The minimum atomic E-state index is 0.561. The number of hydrogen-bond donors (Lipinski definition) is 1. The van der Waals surface area contributed by atoms with Crippen molar-refractivity contribution in [3.63, 3.8) is 0 Å². The Morgan fingerprint density at radius 3 is 2.93 bits per heavy atom. The van der Waals surface area contributed by atoms with Crippen LogP contribution in [0.25, 0.3) is 0 Å². The van der Waals surface area contributed by atoms with Crippen molar-refractivity contribution < 1.29 is 0 Å². The molecule has 0 aliphatic carbocycles. The second kappa shape index (κ2) is 4.11. The fourth-order valence-corrected chi connectivity index (χ4v) is 2.21. The van der Waals surface area contributed by atoms with Gasteiger partial charge in [0.2, 0.25) is 0 Å². The van der Waals surface area contributed by atoms with Crippen molar-refractivity contribution >= 4 is 16.3 Å². The van der Waals surface area contributed by atoms with Crippen molar-refractivity contribution in [1.29, 1.82) is 5.26 Å². The van der Waals surface area contributed by atoms with E-state index >= 15 is 0 Å². The molecule has 2 heterocycles. The van der Waals surface area contributed by atoms with Crippen LogP contribution in [0.4, 0.5) is 5.00 Å². The molecule has 15 heavy (non-hydrogen) atoms. The lowest BCUT2D eigenvalue weighted by atomic mass is 10.2. The molecule has 0 unspecified atom stereocenters. The molecule has 0 atom stereocenters. The van der Waals surface area contributed by atoms with Gasteiger partial charge in [-0.25, -0.2) is 0 Å². The highest BCUT2D eigenvalue weighted by atomic mass is 32.1. The largest absolute Gasteiger partial charge is 0.389 e. The molecule has 0 fully saturated rings. The predicted octanol–water partition coefficient (Wildman–Crippen LogP) is 2.19. The lowest BCUT2D eigenvalue weighted by Gasteiger charge is -1.95. The summed E-state index contributed by atoms with van der Waals surface area (Å²) in [5.74, 6) is 0. The maximum Gasteiger partial charge on any atom is 0.104 e. The van der Waals surface area contributed by atoms with E-state index in [0.717, 1.165) is 17.0 Å². The molecule has 2 rings (SSSR count). The first-order chi connectivity index (χ1) is 7.29. The smallest absolute Gasteiger partial charge is 0.104 e. The van der Waals surface area contributed by atoms with Crippen molar-refractivity contribution in [2.24, 2.45) is 0 Å². The monoisotopic (exact) mass is 215 g/mol. The van der Waals surface area contributed by atoms with E-state index in [9.17, 15) is 0 Å². The van der Waals surface area contributed by atoms with Gasteiger partial charge in [0.1, 0.15) is 11.1 Å². The summed E-state index contributed by atoms with van der Waals surface area (Å²) >= 11 is 1.45. The summed E-state index contributed by atoms with van der Waals surface area (Å²) in [5, 5.41) is 9.35. The first kappa shape index (κ1) is 9.69. The lowest BCUT2D eigenvalue weighted by molar-refractivity contribution is 1.10. The molecule has 0 saturated carbocycles. The number of anilines is 1. The van der Waals surface area contributed by atoms with E-state index in [0.29, 0.717) is 10.6 Å². The van der Waals surface area contributed by atoms with Gasteiger partial charge in [-0.15, -0.1) is 11.3 Å². The summed E-state index contributed by atoms with van der Waals surface area (Å²) in [6, 6.07) is 9.69. The van der Waals surface area contributed by atoms with Crippen molar-refractivity contribution in [3.8, 4) is 6.07 Å². The fraction of sp³-hybridized carbons (Fsp3) is 0.0909. The zero-order chi connectivity index (χ0) is 10.7. The number of nitriles is 1. The Bertz CT molecular complexity index is 496. The van der Waals surface area contributed by atoms with Gasteiger partial charge in [0.05, 0.1) is 5.56 Å². The van der Waals surface area contributed by atoms with E-state index in [1.54, 1.807) is 6.20 Å². The highest BCUT2D eigenvalue weighted by Gasteiger charge is 2.06. The number of hydrogen-bond acceptors (Lipinski definition) is 4. The van der Waals surface area contributed by atoms with Crippen molar-refractivity contribution in [2.75, 3.05) is 5.73 Å². The zero-order valence-corrected chi connectivity index (χ0v) is 8.79. The van der Waals surface area contributed by atoms with Gasteiger partial charge in [-0.05, 0) is 18.2 Å². The van der Waals surface area contributed by atoms with E-state index in [-0.39, 0.29) is 0 Å². The SMILES string of the molecule is N#Cc1cc(Cc2ccccn2)sc1N. The van der Waals surface area contributed by atoms with Gasteiger partial charge in [0, 0.05) is 23.2 Å². The topological polar surface area (TPSA) is 62.7 Å². The average Bonchev–Trinajstić information content (AvgIpc) is 2.60. The molecule has 2 aromatic heterocycles. The predicted molar refractivity (Wildman–Crippen MR) is 60.5 cm³/mol. The third-order valence-corrected chi connectivity index (χ3v) is 2.98. The molecule has 74 valence electrons. The molecular formula is C11H9N3S. The molecule has 0 aromatic carbocycles. The Kier molecular flexibility index (Phi) is 2.66. The van der Waals surface area contributed by atoms with Gasteiger partial charge in [-0.2, -0.15) is 5.26 Å². The van der Waals surface area contributed by atoms with Crippen LogP contribution in [0.2, 0.25) is 0 Å². The van der Waals surface area contributed by atoms with E-state index < -0.39 is 0 Å². The van der Waals surface area contributed by atoms with Gasteiger partial charge in [0.25, 0.3) is 0 Å². The molecule has 0 amide bonds. The second-order valence-corrected chi connectivity index (χ2v) is 4.27. The maximum absolute atomic E-state index is 8.76. The summed E-state index contributed by atoms with van der Waals surface area (Å²) in [6.45, 7) is 0. The number of rotatable bonds is 2. The quantitative estimate of drug-likeness (QED) is 0.835. The molecule has 0 radical (unpaired) electrons. The van der Waals surface area contributed by atoms with Crippen LogP contribution in [0, 0.1) is 11.3 Å². The minimum Gasteiger partial charge on any atom is -0.389 e. The van der Waals surface area contributed by atoms with Gasteiger partial charge < -0.3 is 5.73 Å². The van der Waals surface area contributed by atoms with Gasteiger partial charge >= 0.3 is 0 Å². The molecule has 0 saturated heterocycles. The normalized spacial score (nSPS) is 9.80. The maximum atomic E-state index is 8.76. The highest BCUT2D eigenvalue weighted by Crippen LogP contribution is 2.25. The molecule has 0 aliphatic heterocycles. The van der Waals surface area contributed by atoms with Gasteiger partial charge in [-0.1, -0.05) is 6.07 Å². The van der Waals surface area contributed by atoms with Crippen molar-refractivity contribution in [3.05, 3.63) is 46.6 Å². The van der Waals surface area contributed by atoms with E-state index in [4.69, 9.17) is 11.0 Å². The van der Waals surface area contributed by atoms with Crippen LogP contribution < -0.4 is 5.73 Å². The minimum absolute atomic E-state index is 0.561. The summed E-state index contributed by atoms with van der Waals surface area (Å²) < 4.78 is 0. The lowest BCUT2D eigenvalue weighted by Crippen LogP contribution is -1.87. The molecule has 2 aromatic rings. The first-order valence-electron chi connectivity index (χ1n) is 4.48. The van der Waals surface area contributed by atoms with Crippen molar-refractivity contribution in [2.45, 2.75) is 6.42 Å². The van der Waals surface area contributed by atoms with E-state index in [2.05, 4.69) is 11.1 Å². The Hall–Kier alpha value is -1.86. The van der Waals surface area contributed by atoms with Gasteiger partial charge in [0.15, 0.2) is 0 Å². The molecule has 0 bridgehead atoms. The van der Waals surface area contributed by atoms with Crippen LogP contribution >= 0.6 is 11.3 Å². The van der Waals surface area contributed by atoms with E-state index in [1.165, 1.54) is 11.3 Å². The summed E-state index contributed by atoms with van der Waals surface area (Å²) in [5.41, 5.74) is 7.23. The Morgan fingerprint density at radius 1 is 1.47 bits per heavy atom. The molecular weight excluding hydrogens is 206 g/mol. The summed E-state index contributed by atoms with van der Waals surface area (Å²) in [7, 11) is 0. The van der Waals surface area contributed by atoms with Crippen LogP contribution in [0.1, 0.15) is 16.1 Å². The molecule has 2 N–H and O–H groups in total. The molecule has 0 spiro atoms. The standard InChI is InChI=1S/C11H9N3S/c12-7-8-5-10(15-11(8)13)6-9-3-1-2-4-14-9/h1-5H,6,13H2. The van der Waals surface area contributed by atoms with Gasteiger partial charge in [-0.3, -0.25) is 4.98 Å². The number of thiophene rings is 1. The number of nitrogens with two attached hydrogens (primary N) is 1. The van der Waals surface area contributed by atoms with E-state index in [1.807, 2.05) is 24.3 Å². The highest BCUT2D eigenvalue weighted by molar-refractivity contribution is 7.16. The number of nitrogens with zero attached hydrogens (tertiary/aromatic N) is 2. The van der Waals surface area contributed by atoms with Crippen LogP contribution in [-0.4, -0.2) is 4.98 Å². The van der Waals surface area contributed by atoms with Crippen LogP contribution in [-0.2, 0) is 6.42 Å². The summed E-state index contributed by atoms with van der Waals surface area (Å²) in [6.07, 6.45) is 2.49. The zero-order valence-electron chi connectivity index (χ0n) is 7.97. The fourth-order valence-electron chi connectivity index (χ4n) is 1.31. The van der Waals surface area contributed by atoms with Crippen LogP contribution in [0.5, 0.6) is 0 Å². The molecule has 3 nitrogen and oxygen atoms in total. The average molecular weight is 215 g/mol. The number of aromatic nitrogens is 1. The third kappa shape index (κ3) is 2.14. The van der Waals surface area contributed by atoms with Crippen LogP contribution in [0.3, 0.4) is 0 Å². The third-order valence-electron chi connectivity index (χ3n) is 2.01. The Morgan fingerprint density at radius 2 is 2.33 bits per heavy atom. The Balaban J connectivity index is 2.23.